The maximum atomic E-state index is 10.9. The van der Waals surface area contributed by atoms with E-state index in [-0.39, 0.29) is 5.97 Å². The third-order valence-corrected chi connectivity index (χ3v) is 3.24. The molecule has 0 aliphatic heterocycles. The minimum Gasteiger partial charge on any atom is -0.469 e. The zero-order valence-corrected chi connectivity index (χ0v) is 12.5. The van der Waals surface area contributed by atoms with Crippen LogP contribution in [0.3, 0.4) is 0 Å². The Morgan fingerprint density at radius 2 is 1.65 bits per heavy atom. The molecule has 0 unspecified atom stereocenters. The topological polar surface area (TPSA) is 35.5 Å². The van der Waals surface area contributed by atoms with E-state index in [9.17, 15) is 4.79 Å². The molecule has 0 radical (unpaired) electrons. The van der Waals surface area contributed by atoms with Crippen molar-refractivity contribution in [2.45, 2.75) is 44.9 Å². The number of carbonyl (C=O) groups excluding carboxylic acids is 1. The number of methoxy groups -OCH3 is 1. The van der Waals surface area contributed by atoms with Crippen molar-refractivity contribution in [3.05, 3.63) is 35.9 Å². The van der Waals surface area contributed by atoms with Crippen LogP contribution >= 0.6 is 0 Å². The van der Waals surface area contributed by atoms with Crippen LogP contribution in [0.1, 0.15) is 44.1 Å². The Labute approximate surface area is 122 Å². The van der Waals surface area contributed by atoms with Gasteiger partial charge in [0.05, 0.1) is 7.11 Å². The first-order valence-corrected chi connectivity index (χ1v) is 7.51. The molecule has 0 aromatic heterocycles. The number of unbranched alkanes of at least 4 members (excludes halogenated alkanes) is 3. The number of hydrogen-bond acceptors (Lipinski definition) is 3. The van der Waals surface area contributed by atoms with Gasteiger partial charge < -0.3 is 9.47 Å². The normalized spacial score (nSPS) is 10.4. The molecule has 0 amide bonds. The van der Waals surface area contributed by atoms with Crippen molar-refractivity contribution in [3.63, 3.8) is 0 Å². The van der Waals surface area contributed by atoms with E-state index in [4.69, 9.17) is 4.74 Å². The maximum absolute atomic E-state index is 10.9. The summed E-state index contributed by atoms with van der Waals surface area (Å²) in [6.07, 6.45) is 6.87. The second-order valence-corrected chi connectivity index (χ2v) is 4.94. The molecule has 20 heavy (non-hydrogen) atoms. The second-order valence-electron chi connectivity index (χ2n) is 4.94. The first-order valence-electron chi connectivity index (χ1n) is 7.51. The summed E-state index contributed by atoms with van der Waals surface area (Å²) in [6.45, 7) is 1.64. The summed E-state index contributed by atoms with van der Waals surface area (Å²) in [5.74, 6) is -0.119. The lowest BCUT2D eigenvalue weighted by Gasteiger charge is -2.04. The van der Waals surface area contributed by atoms with Crippen molar-refractivity contribution in [1.82, 2.24) is 0 Å². The molecule has 0 heterocycles. The number of esters is 1. The summed E-state index contributed by atoms with van der Waals surface area (Å²) in [5, 5.41) is 0. The van der Waals surface area contributed by atoms with Crippen molar-refractivity contribution in [3.8, 4) is 0 Å². The van der Waals surface area contributed by atoms with E-state index in [1.807, 2.05) is 6.07 Å². The highest BCUT2D eigenvalue weighted by atomic mass is 16.5. The van der Waals surface area contributed by atoms with Crippen molar-refractivity contribution >= 4 is 5.97 Å². The van der Waals surface area contributed by atoms with Crippen molar-refractivity contribution in [1.29, 1.82) is 0 Å². The Balaban J connectivity index is 1.82. The molecular weight excluding hydrogens is 252 g/mol. The number of benzene rings is 1. The van der Waals surface area contributed by atoms with Gasteiger partial charge in [-0.25, -0.2) is 0 Å². The summed E-state index contributed by atoms with van der Waals surface area (Å²) >= 11 is 0. The minimum atomic E-state index is -0.119. The molecule has 0 spiro atoms. The Morgan fingerprint density at radius 3 is 2.35 bits per heavy atom. The zero-order chi connectivity index (χ0) is 14.5. The molecule has 0 bridgehead atoms. The molecule has 3 heteroatoms. The van der Waals surface area contributed by atoms with Gasteiger partial charge in [0.2, 0.25) is 0 Å². The van der Waals surface area contributed by atoms with Gasteiger partial charge in [0.1, 0.15) is 0 Å². The Kier molecular flexibility index (Phi) is 9.58. The SMILES string of the molecule is COC(=O)CCCCCOCCCCc1ccccc1. The van der Waals surface area contributed by atoms with Crippen LogP contribution < -0.4 is 0 Å². The lowest BCUT2D eigenvalue weighted by molar-refractivity contribution is -0.140. The Bertz CT molecular complexity index is 349. The minimum absolute atomic E-state index is 0.119. The van der Waals surface area contributed by atoms with Crippen molar-refractivity contribution < 1.29 is 14.3 Å². The molecular formula is C17H26O3. The van der Waals surface area contributed by atoms with Gasteiger partial charge in [0.25, 0.3) is 0 Å². The number of ether oxygens (including phenoxy) is 2. The van der Waals surface area contributed by atoms with Crippen LogP contribution in [-0.4, -0.2) is 26.3 Å². The molecule has 0 atom stereocenters. The number of carbonyl (C=O) groups is 1. The lowest BCUT2D eigenvalue weighted by Crippen LogP contribution is -2.01. The second kappa shape index (κ2) is 11.5. The third-order valence-electron chi connectivity index (χ3n) is 3.24. The predicted molar refractivity (Wildman–Crippen MR) is 80.7 cm³/mol. The van der Waals surface area contributed by atoms with Gasteiger partial charge in [-0.3, -0.25) is 4.79 Å². The molecule has 1 aromatic rings. The van der Waals surface area contributed by atoms with Crippen LogP contribution in [0.15, 0.2) is 30.3 Å². The van der Waals surface area contributed by atoms with Crippen LogP contribution in [0.2, 0.25) is 0 Å². The summed E-state index contributed by atoms with van der Waals surface area (Å²) in [5.41, 5.74) is 1.40. The molecule has 0 saturated carbocycles. The van der Waals surface area contributed by atoms with Crippen LogP contribution in [0.5, 0.6) is 0 Å². The van der Waals surface area contributed by atoms with E-state index in [2.05, 4.69) is 29.0 Å². The molecule has 0 aliphatic rings. The molecule has 0 aliphatic carbocycles. The van der Waals surface area contributed by atoms with E-state index >= 15 is 0 Å². The molecule has 0 N–H and O–H groups in total. The predicted octanol–water partition coefficient (Wildman–Crippen LogP) is 3.76. The fourth-order valence-corrected chi connectivity index (χ4v) is 2.03. The number of hydrogen-bond donors (Lipinski definition) is 0. The number of aryl methyl sites for hydroxylation is 1. The average molecular weight is 278 g/mol. The maximum Gasteiger partial charge on any atom is 0.305 e. The van der Waals surface area contributed by atoms with Crippen LogP contribution in [0, 0.1) is 0 Å². The molecule has 0 fully saturated rings. The molecule has 1 aromatic carbocycles. The molecule has 1 rings (SSSR count). The number of rotatable bonds is 11. The summed E-state index contributed by atoms with van der Waals surface area (Å²) in [6, 6.07) is 10.6. The largest absolute Gasteiger partial charge is 0.469 e. The lowest BCUT2D eigenvalue weighted by atomic mass is 10.1. The van der Waals surface area contributed by atoms with E-state index in [1.54, 1.807) is 0 Å². The fraction of sp³-hybridized carbons (Fsp3) is 0.588. The summed E-state index contributed by atoms with van der Waals surface area (Å²) < 4.78 is 10.2. The van der Waals surface area contributed by atoms with E-state index < -0.39 is 0 Å². The highest BCUT2D eigenvalue weighted by molar-refractivity contribution is 5.68. The van der Waals surface area contributed by atoms with Gasteiger partial charge in [0.15, 0.2) is 0 Å². The van der Waals surface area contributed by atoms with Crippen LogP contribution in [-0.2, 0) is 20.7 Å². The van der Waals surface area contributed by atoms with Crippen molar-refractivity contribution in [2.24, 2.45) is 0 Å². The van der Waals surface area contributed by atoms with Crippen molar-refractivity contribution in [2.75, 3.05) is 20.3 Å². The van der Waals surface area contributed by atoms with Gasteiger partial charge >= 0.3 is 5.97 Å². The standard InChI is InChI=1S/C17H26O3/c1-19-17(18)13-6-3-8-14-20-15-9-7-12-16-10-4-2-5-11-16/h2,4-5,10-11H,3,6-9,12-15H2,1H3. The summed E-state index contributed by atoms with van der Waals surface area (Å²) in [7, 11) is 1.43. The molecule has 3 nitrogen and oxygen atoms in total. The fourth-order valence-electron chi connectivity index (χ4n) is 2.03. The van der Waals surface area contributed by atoms with E-state index in [1.165, 1.54) is 19.1 Å². The quantitative estimate of drug-likeness (QED) is 0.457. The van der Waals surface area contributed by atoms with E-state index in [0.717, 1.165) is 45.3 Å². The molecule has 112 valence electrons. The van der Waals surface area contributed by atoms with Gasteiger partial charge in [-0.15, -0.1) is 0 Å². The Hall–Kier alpha value is -1.35. The highest BCUT2D eigenvalue weighted by Crippen LogP contribution is 2.05. The Morgan fingerprint density at radius 1 is 0.950 bits per heavy atom. The highest BCUT2D eigenvalue weighted by Gasteiger charge is 1.99. The summed E-state index contributed by atoms with van der Waals surface area (Å²) in [4.78, 5) is 10.9. The van der Waals surface area contributed by atoms with Gasteiger partial charge in [-0.05, 0) is 37.7 Å². The van der Waals surface area contributed by atoms with Gasteiger partial charge in [-0.2, -0.15) is 0 Å². The first-order chi connectivity index (χ1) is 9.83. The van der Waals surface area contributed by atoms with Gasteiger partial charge in [0, 0.05) is 19.6 Å². The van der Waals surface area contributed by atoms with Crippen LogP contribution in [0.25, 0.3) is 0 Å². The monoisotopic (exact) mass is 278 g/mol. The smallest absolute Gasteiger partial charge is 0.305 e. The third kappa shape index (κ3) is 8.70. The van der Waals surface area contributed by atoms with Gasteiger partial charge in [-0.1, -0.05) is 36.8 Å². The first kappa shape index (κ1) is 16.7. The van der Waals surface area contributed by atoms with Crippen LogP contribution in [0.4, 0.5) is 0 Å². The zero-order valence-electron chi connectivity index (χ0n) is 12.5. The van der Waals surface area contributed by atoms with E-state index in [0.29, 0.717) is 6.42 Å². The molecule has 0 saturated heterocycles. The average Bonchev–Trinajstić information content (AvgIpc) is 2.50.